The molecule has 2 aromatic heterocycles. The summed E-state index contributed by atoms with van der Waals surface area (Å²) in [5.41, 5.74) is 3.85. The third-order valence-electron chi connectivity index (χ3n) is 7.64. The van der Waals surface area contributed by atoms with Crippen molar-refractivity contribution in [1.82, 2.24) is 20.2 Å². The Labute approximate surface area is 188 Å². The summed E-state index contributed by atoms with van der Waals surface area (Å²) in [4.78, 5) is 7.95. The highest BCUT2D eigenvalue weighted by Crippen LogP contribution is 2.76. The largest absolute Gasteiger partial charge is 0.403 e. The molecular formula is C23H19Cl2N5O. The normalized spacial score (nSPS) is 28.3. The highest BCUT2D eigenvalue weighted by Gasteiger charge is 2.70. The number of benzene rings is 2. The van der Waals surface area contributed by atoms with Crippen LogP contribution in [0.5, 0.6) is 0 Å². The fourth-order valence-corrected chi connectivity index (χ4v) is 6.47. The van der Waals surface area contributed by atoms with Gasteiger partial charge in [-0.2, -0.15) is 0 Å². The lowest BCUT2D eigenvalue weighted by molar-refractivity contribution is 0.165. The maximum atomic E-state index is 6.34. The van der Waals surface area contributed by atoms with Gasteiger partial charge in [-0.15, -0.1) is 5.10 Å². The molecule has 156 valence electrons. The van der Waals surface area contributed by atoms with E-state index in [1.54, 1.807) is 12.1 Å². The molecule has 2 aromatic carbocycles. The van der Waals surface area contributed by atoms with Gasteiger partial charge < -0.3 is 14.7 Å². The predicted octanol–water partition coefficient (Wildman–Crippen LogP) is 6.19. The molecule has 6 nitrogen and oxygen atoms in total. The van der Waals surface area contributed by atoms with Crippen LogP contribution in [0.1, 0.15) is 25.7 Å². The number of aromatic amines is 1. The van der Waals surface area contributed by atoms with Gasteiger partial charge in [-0.1, -0.05) is 34.4 Å². The lowest BCUT2D eigenvalue weighted by atomic mass is 9.71. The minimum Gasteiger partial charge on any atom is -0.403 e. The molecule has 31 heavy (non-hydrogen) atoms. The summed E-state index contributed by atoms with van der Waals surface area (Å²) in [5.74, 6) is 2.81. The number of H-pyrrole nitrogens is 1. The van der Waals surface area contributed by atoms with E-state index < -0.39 is 0 Å². The number of fused-ring (bicyclic) bond motifs is 1. The van der Waals surface area contributed by atoms with E-state index in [2.05, 4.69) is 25.5 Å². The minimum atomic E-state index is 0.471. The molecule has 2 heterocycles. The van der Waals surface area contributed by atoms with E-state index in [-0.39, 0.29) is 0 Å². The number of nitrogens with zero attached hydrogens (tertiary/aromatic N) is 3. The molecule has 4 aromatic rings. The van der Waals surface area contributed by atoms with Crippen LogP contribution in [0.3, 0.4) is 0 Å². The van der Waals surface area contributed by atoms with E-state index >= 15 is 0 Å². The average molecular weight is 452 g/mol. The fourth-order valence-electron chi connectivity index (χ4n) is 5.89. The van der Waals surface area contributed by atoms with Gasteiger partial charge in [0.05, 0.1) is 26.6 Å². The molecule has 3 aliphatic carbocycles. The first-order valence-corrected chi connectivity index (χ1v) is 11.4. The van der Waals surface area contributed by atoms with Crippen LogP contribution in [0.15, 0.2) is 40.8 Å². The zero-order valence-electron chi connectivity index (χ0n) is 16.5. The van der Waals surface area contributed by atoms with Crippen molar-refractivity contribution in [3.63, 3.8) is 0 Å². The van der Waals surface area contributed by atoms with E-state index in [4.69, 9.17) is 27.6 Å². The van der Waals surface area contributed by atoms with Gasteiger partial charge in [0.1, 0.15) is 5.82 Å². The SMILES string of the molecule is Clc1cccc(Cl)c1-c1nc2ccc(-c3nnc(NC4CC5CCC56CC46)o3)cc2[nH]1. The number of anilines is 1. The van der Waals surface area contributed by atoms with Gasteiger partial charge in [-0.25, -0.2) is 4.98 Å². The molecule has 3 fully saturated rings. The number of nitrogens with one attached hydrogen (secondary N) is 2. The maximum Gasteiger partial charge on any atom is 0.315 e. The molecule has 4 atom stereocenters. The second kappa shape index (κ2) is 6.24. The molecule has 0 radical (unpaired) electrons. The van der Waals surface area contributed by atoms with Gasteiger partial charge in [0.2, 0.25) is 5.89 Å². The second-order valence-electron chi connectivity index (χ2n) is 9.09. The summed E-state index contributed by atoms with van der Waals surface area (Å²) >= 11 is 12.7. The summed E-state index contributed by atoms with van der Waals surface area (Å²) < 4.78 is 5.96. The van der Waals surface area contributed by atoms with E-state index in [1.807, 2.05) is 24.3 Å². The Morgan fingerprint density at radius 2 is 2.00 bits per heavy atom. The van der Waals surface area contributed by atoms with Gasteiger partial charge in [-0.3, -0.25) is 0 Å². The number of hydrogen-bond acceptors (Lipinski definition) is 5. The van der Waals surface area contributed by atoms with Gasteiger partial charge in [-0.05, 0) is 73.3 Å². The summed E-state index contributed by atoms with van der Waals surface area (Å²) in [6.07, 6.45) is 5.39. The molecule has 8 heteroatoms. The molecule has 2 N–H and O–H groups in total. The number of halogens is 2. The number of aromatic nitrogens is 4. The smallest absolute Gasteiger partial charge is 0.315 e. The first kappa shape index (κ1) is 18.0. The Bertz CT molecular complexity index is 1330. The van der Waals surface area contributed by atoms with Crippen LogP contribution < -0.4 is 5.32 Å². The highest BCUT2D eigenvalue weighted by atomic mass is 35.5. The third-order valence-corrected chi connectivity index (χ3v) is 8.27. The van der Waals surface area contributed by atoms with Crippen molar-refractivity contribution in [2.24, 2.45) is 17.3 Å². The van der Waals surface area contributed by atoms with Crippen molar-refractivity contribution in [3.05, 3.63) is 46.4 Å². The Morgan fingerprint density at radius 1 is 1.13 bits per heavy atom. The monoisotopic (exact) mass is 451 g/mol. The first-order valence-electron chi connectivity index (χ1n) is 10.7. The Hall–Kier alpha value is -2.57. The van der Waals surface area contributed by atoms with Crippen LogP contribution in [0.25, 0.3) is 33.9 Å². The van der Waals surface area contributed by atoms with Crippen LogP contribution in [-0.4, -0.2) is 26.2 Å². The number of rotatable bonds is 4. The molecule has 7 rings (SSSR count). The first-order chi connectivity index (χ1) is 15.1. The topological polar surface area (TPSA) is 79.6 Å². The molecule has 3 aliphatic rings. The predicted molar refractivity (Wildman–Crippen MR) is 120 cm³/mol. The van der Waals surface area contributed by atoms with Crippen LogP contribution in [0.2, 0.25) is 10.0 Å². The van der Waals surface area contributed by atoms with Crippen LogP contribution in [0, 0.1) is 17.3 Å². The summed E-state index contributed by atoms with van der Waals surface area (Å²) in [5, 5.41) is 13.1. The Kier molecular flexibility index (Phi) is 3.63. The van der Waals surface area contributed by atoms with E-state index in [0.29, 0.717) is 44.8 Å². The zero-order valence-corrected chi connectivity index (χ0v) is 18.0. The van der Waals surface area contributed by atoms with Crippen molar-refractivity contribution in [2.45, 2.75) is 31.7 Å². The quantitative estimate of drug-likeness (QED) is 0.386. The third kappa shape index (κ3) is 2.61. The lowest BCUT2D eigenvalue weighted by Gasteiger charge is -2.33. The maximum absolute atomic E-state index is 6.34. The summed E-state index contributed by atoms with van der Waals surface area (Å²) in [6, 6.07) is 12.2. The second-order valence-corrected chi connectivity index (χ2v) is 9.91. The average Bonchev–Trinajstić information content (AvgIpc) is 3.05. The van der Waals surface area contributed by atoms with Crippen LogP contribution >= 0.6 is 23.2 Å². The number of imidazole rings is 1. The fraction of sp³-hybridized carbons (Fsp3) is 0.348. The molecule has 0 saturated heterocycles. The summed E-state index contributed by atoms with van der Waals surface area (Å²) in [7, 11) is 0. The standard InChI is InChI=1S/C23H19Cl2N5O/c24-14-2-1-3-15(25)19(14)20-26-16-5-4-11(8-18(16)27-20)21-29-30-22(31-21)28-17-9-12-6-7-23(12)10-13(17)23/h1-5,8,12-13,17H,6-7,9-10H2,(H,26,27)(H,28,30). The lowest BCUT2D eigenvalue weighted by Crippen LogP contribution is -2.25. The van der Waals surface area contributed by atoms with Crippen molar-refractivity contribution >= 4 is 40.2 Å². The molecule has 0 aliphatic heterocycles. The van der Waals surface area contributed by atoms with Gasteiger partial charge in [0.25, 0.3) is 0 Å². The molecule has 0 bridgehead atoms. The van der Waals surface area contributed by atoms with Crippen molar-refractivity contribution in [3.8, 4) is 22.8 Å². The van der Waals surface area contributed by atoms with Gasteiger partial charge in [0, 0.05) is 11.6 Å². The van der Waals surface area contributed by atoms with Crippen molar-refractivity contribution in [1.29, 1.82) is 0 Å². The zero-order chi connectivity index (χ0) is 20.7. The molecule has 3 saturated carbocycles. The van der Waals surface area contributed by atoms with E-state index in [1.165, 1.54) is 25.7 Å². The Balaban J connectivity index is 1.17. The highest BCUT2D eigenvalue weighted by molar-refractivity contribution is 6.39. The van der Waals surface area contributed by atoms with Gasteiger partial charge >= 0.3 is 6.01 Å². The Morgan fingerprint density at radius 3 is 2.71 bits per heavy atom. The molecule has 0 amide bonds. The molecule has 1 spiro atoms. The summed E-state index contributed by atoms with van der Waals surface area (Å²) in [6.45, 7) is 0. The van der Waals surface area contributed by atoms with E-state index in [0.717, 1.165) is 28.4 Å². The van der Waals surface area contributed by atoms with Crippen LogP contribution in [-0.2, 0) is 0 Å². The van der Waals surface area contributed by atoms with Crippen LogP contribution in [0.4, 0.5) is 6.01 Å². The number of hydrogen-bond donors (Lipinski definition) is 2. The van der Waals surface area contributed by atoms with E-state index in [9.17, 15) is 0 Å². The molecular weight excluding hydrogens is 433 g/mol. The van der Waals surface area contributed by atoms with Crippen molar-refractivity contribution in [2.75, 3.05) is 5.32 Å². The molecule has 4 unspecified atom stereocenters. The van der Waals surface area contributed by atoms with Crippen molar-refractivity contribution < 1.29 is 4.42 Å². The van der Waals surface area contributed by atoms with Gasteiger partial charge in [0.15, 0.2) is 0 Å². The minimum absolute atomic E-state index is 0.471.